The molecule has 1 aromatic carbocycles. The number of benzene rings is 1. The highest BCUT2D eigenvalue weighted by Gasteiger charge is 2.29. The number of nitrogens with two attached hydrogens (primary N) is 1. The predicted octanol–water partition coefficient (Wildman–Crippen LogP) is -0.258. The molecule has 0 bridgehead atoms. The third kappa shape index (κ3) is 2.56. The first-order chi connectivity index (χ1) is 9.54. The highest BCUT2D eigenvalue weighted by Crippen LogP contribution is 2.12. The zero-order valence-corrected chi connectivity index (χ0v) is 11.0. The summed E-state index contributed by atoms with van der Waals surface area (Å²) in [4.78, 5) is 25.4. The topological polar surface area (TPSA) is 108 Å². The average Bonchev–Trinajstić information content (AvgIpc) is 2.48. The van der Waals surface area contributed by atoms with Crippen LogP contribution in [-0.2, 0) is 4.79 Å². The number of oxime groups is 1. The monoisotopic (exact) mass is 276 g/mol. The number of amidine groups is 1. The van der Waals surface area contributed by atoms with Gasteiger partial charge in [-0.15, -0.1) is 0 Å². The summed E-state index contributed by atoms with van der Waals surface area (Å²) in [5.41, 5.74) is 6.44. The summed E-state index contributed by atoms with van der Waals surface area (Å²) >= 11 is 0. The molecule has 1 fully saturated rings. The minimum atomic E-state index is -0.486. The zero-order chi connectivity index (χ0) is 14.7. The maximum atomic E-state index is 12.3. The Hall–Kier alpha value is -2.57. The number of carbonyl (C=O) groups excluding carboxylic acids is 2. The highest BCUT2D eigenvalue weighted by atomic mass is 16.4. The fraction of sp³-hybridized carbons (Fsp3) is 0.308. The van der Waals surface area contributed by atoms with Gasteiger partial charge < -0.3 is 21.2 Å². The van der Waals surface area contributed by atoms with Gasteiger partial charge in [0.25, 0.3) is 5.91 Å². The van der Waals surface area contributed by atoms with Crippen molar-refractivity contribution >= 4 is 17.6 Å². The lowest BCUT2D eigenvalue weighted by atomic mass is 10.1. The third-order valence-corrected chi connectivity index (χ3v) is 3.30. The molecule has 1 atom stereocenters. The van der Waals surface area contributed by atoms with E-state index in [1.165, 1.54) is 4.90 Å². The van der Waals surface area contributed by atoms with Crippen LogP contribution >= 0.6 is 0 Å². The van der Waals surface area contributed by atoms with Crippen molar-refractivity contribution in [2.24, 2.45) is 10.9 Å². The number of rotatable bonds is 2. The van der Waals surface area contributed by atoms with E-state index in [1.54, 1.807) is 31.2 Å². The van der Waals surface area contributed by atoms with Crippen LogP contribution < -0.4 is 11.1 Å². The van der Waals surface area contributed by atoms with Crippen LogP contribution in [0, 0.1) is 0 Å². The molecule has 4 N–H and O–H groups in total. The van der Waals surface area contributed by atoms with Gasteiger partial charge >= 0.3 is 0 Å². The van der Waals surface area contributed by atoms with Crippen molar-refractivity contribution in [3.05, 3.63) is 35.4 Å². The molecule has 1 unspecified atom stereocenters. The Bertz CT molecular complexity index is 553. The third-order valence-electron chi connectivity index (χ3n) is 3.30. The van der Waals surface area contributed by atoms with Crippen molar-refractivity contribution in [3.8, 4) is 0 Å². The molecule has 0 spiro atoms. The molecule has 0 aromatic heterocycles. The van der Waals surface area contributed by atoms with Crippen LogP contribution in [0.15, 0.2) is 29.4 Å². The van der Waals surface area contributed by atoms with Gasteiger partial charge in [-0.2, -0.15) is 0 Å². The summed E-state index contributed by atoms with van der Waals surface area (Å²) < 4.78 is 0. The summed E-state index contributed by atoms with van der Waals surface area (Å²) in [6.45, 7) is 2.63. The van der Waals surface area contributed by atoms with Gasteiger partial charge in [0.15, 0.2) is 5.84 Å². The SMILES string of the molecule is CC1C(=O)NCCN1C(=O)c1ccc(C(N)=NO)cc1. The maximum absolute atomic E-state index is 12.3. The van der Waals surface area contributed by atoms with Crippen LogP contribution in [0.5, 0.6) is 0 Å². The van der Waals surface area contributed by atoms with Gasteiger partial charge in [0.05, 0.1) is 0 Å². The molecule has 0 saturated carbocycles. The van der Waals surface area contributed by atoms with Gasteiger partial charge in [-0.3, -0.25) is 9.59 Å². The Morgan fingerprint density at radius 1 is 1.40 bits per heavy atom. The molecule has 1 aliphatic heterocycles. The summed E-state index contributed by atoms with van der Waals surface area (Å²) in [5, 5.41) is 14.2. The smallest absolute Gasteiger partial charge is 0.254 e. The lowest BCUT2D eigenvalue weighted by Gasteiger charge is -2.32. The van der Waals surface area contributed by atoms with Gasteiger partial charge in [-0.05, 0) is 19.1 Å². The quantitative estimate of drug-likeness (QED) is 0.299. The van der Waals surface area contributed by atoms with Crippen LogP contribution in [0.1, 0.15) is 22.8 Å². The summed E-state index contributed by atoms with van der Waals surface area (Å²) in [5.74, 6) is -0.383. The Balaban J connectivity index is 2.19. The molecular formula is C13H16N4O3. The number of nitrogens with zero attached hydrogens (tertiary/aromatic N) is 2. The molecular weight excluding hydrogens is 260 g/mol. The van der Waals surface area contributed by atoms with E-state index in [2.05, 4.69) is 10.5 Å². The molecule has 7 heteroatoms. The molecule has 2 amide bonds. The first-order valence-corrected chi connectivity index (χ1v) is 6.21. The number of piperazine rings is 1. The van der Waals surface area contributed by atoms with Crippen LogP contribution in [0.4, 0.5) is 0 Å². The molecule has 20 heavy (non-hydrogen) atoms. The second-order valence-electron chi connectivity index (χ2n) is 4.53. The van der Waals surface area contributed by atoms with E-state index in [-0.39, 0.29) is 17.6 Å². The van der Waals surface area contributed by atoms with E-state index in [9.17, 15) is 9.59 Å². The van der Waals surface area contributed by atoms with Crippen molar-refractivity contribution < 1.29 is 14.8 Å². The number of hydrogen-bond donors (Lipinski definition) is 3. The molecule has 0 radical (unpaired) electrons. The number of carbonyl (C=O) groups is 2. The summed E-state index contributed by atoms with van der Waals surface area (Å²) in [7, 11) is 0. The van der Waals surface area contributed by atoms with Crippen LogP contribution in [0.2, 0.25) is 0 Å². The maximum Gasteiger partial charge on any atom is 0.254 e. The lowest BCUT2D eigenvalue weighted by Crippen LogP contribution is -2.55. The Morgan fingerprint density at radius 3 is 2.60 bits per heavy atom. The van der Waals surface area contributed by atoms with E-state index in [0.717, 1.165) is 0 Å². The molecule has 1 aromatic rings. The number of amides is 2. The highest BCUT2D eigenvalue weighted by molar-refractivity contribution is 6.00. The summed E-state index contributed by atoms with van der Waals surface area (Å²) in [6.07, 6.45) is 0. The Labute approximate surface area is 116 Å². The molecule has 7 nitrogen and oxygen atoms in total. The second-order valence-corrected chi connectivity index (χ2v) is 4.53. The van der Waals surface area contributed by atoms with E-state index in [4.69, 9.17) is 10.9 Å². The molecule has 2 rings (SSSR count). The van der Waals surface area contributed by atoms with E-state index in [1.807, 2.05) is 0 Å². The molecule has 1 heterocycles. The molecule has 1 saturated heterocycles. The fourth-order valence-corrected chi connectivity index (χ4v) is 2.07. The standard InChI is InChI=1S/C13H16N4O3/c1-8-12(18)15-6-7-17(8)13(19)10-4-2-9(3-5-10)11(14)16-20/h2-5,8,20H,6-7H2,1H3,(H2,14,16)(H,15,18). The van der Waals surface area contributed by atoms with E-state index < -0.39 is 6.04 Å². The molecule has 106 valence electrons. The van der Waals surface area contributed by atoms with Crippen LogP contribution in [0.3, 0.4) is 0 Å². The zero-order valence-electron chi connectivity index (χ0n) is 11.0. The Morgan fingerprint density at radius 2 is 2.00 bits per heavy atom. The van der Waals surface area contributed by atoms with Crippen molar-refractivity contribution in [1.29, 1.82) is 0 Å². The molecule has 1 aliphatic rings. The van der Waals surface area contributed by atoms with Crippen LogP contribution in [0.25, 0.3) is 0 Å². The van der Waals surface area contributed by atoms with Crippen molar-refractivity contribution in [2.75, 3.05) is 13.1 Å². The second kappa shape index (κ2) is 5.60. The first kappa shape index (κ1) is 13.9. The first-order valence-electron chi connectivity index (χ1n) is 6.21. The minimum Gasteiger partial charge on any atom is -0.409 e. The predicted molar refractivity (Wildman–Crippen MR) is 72.5 cm³/mol. The molecule has 0 aliphatic carbocycles. The van der Waals surface area contributed by atoms with Crippen LogP contribution in [-0.4, -0.2) is 46.9 Å². The van der Waals surface area contributed by atoms with Crippen molar-refractivity contribution in [1.82, 2.24) is 10.2 Å². The number of hydrogen-bond acceptors (Lipinski definition) is 4. The van der Waals surface area contributed by atoms with Crippen molar-refractivity contribution in [2.45, 2.75) is 13.0 Å². The Kier molecular flexibility index (Phi) is 3.88. The van der Waals surface area contributed by atoms with Gasteiger partial charge in [0.2, 0.25) is 5.91 Å². The van der Waals surface area contributed by atoms with Gasteiger partial charge in [0.1, 0.15) is 6.04 Å². The van der Waals surface area contributed by atoms with Crippen molar-refractivity contribution in [3.63, 3.8) is 0 Å². The largest absolute Gasteiger partial charge is 0.409 e. The lowest BCUT2D eigenvalue weighted by molar-refractivity contribution is -0.127. The van der Waals surface area contributed by atoms with E-state index >= 15 is 0 Å². The van der Waals surface area contributed by atoms with Gasteiger partial charge in [0, 0.05) is 24.2 Å². The average molecular weight is 276 g/mol. The van der Waals surface area contributed by atoms with Gasteiger partial charge in [-0.25, -0.2) is 0 Å². The number of nitrogens with one attached hydrogen (secondary N) is 1. The van der Waals surface area contributed by atoms with Gasteiger partial charge in [-0.1, -0.05) is 17.3 Å². The summed E-state index contributed by atoms with van der Waals surface area (Å²) in [6, 6.07) is 5.89. The normalized spacial score (nSPS) is 19.6. The fourth-order valence-electron chi connectivity index (χ4n) is 2.07. The minimum absolute atomic E-state index is 0.0188. The van der Waals surface area contributed by atoms with E-state index in [0.29, 0.717) is 24.2 Å².